The van der Waals surface area contributed by atoms with Crippen LogP contribution < -0.4 is 15.5 Å². The summed E-state index contributed by atoms with van der Waals surface area (Å²) in [6.07, 6.45) is 0.105. The molecular weight excluding hydrogens is 352 g/mol. The molecule has 2 aromatic rings. The maximum absolute atomic E-state index is 13.3. The van der Waals surface area contributed by atoms with Crippen molar-refractivity contribution in [2.45, 2.75) is 12.5 Å². The summed E-state index contributed by atoms with van der Waals surface area (Å²) in [4.78, 5) is 25.5. The van der Waals surface area contributed by atoms with Gasteiger partial charge in [0.2, 0.25) is 5.91 Å². The first-order chi connectivity index (χ1) is 11.9. The number of rotatable bonds is 3. The molecule has 8 heteroatoms. The van der Waals surface area contributed by atoms with Crippen molar-refractivity contribution in [1.82, 2.24) is 5.32 Å². The predicted molar refractivity (Wildman–Crippen MR) is 90.7 cm³/mol. The van der Waals surface area contributed by atoms with Gasteiger partial charge < -0.3 is 15.5 Å². The van der Waals surface area contributed by atoms with Crippen molar-refractivity contribution in [3.05, 3.63) is 59.1 Å². The monoisotopic (exact) mass is 365 g/mol. The Morgan fingerprint density at radius 1 is 1.20 bits per heavy atom. The number of carbonyl (C=O) groups is 2. The zero-order chi connectivity index (χ0) is 18.0. The molecule has 1 atom stereocenters. The second-order valence-electron chi connectivity index (χ2n) is 5.61. The fourth-order valence-electron chi connectivity index (χ4n) is 2.62. The van der Waals surface area contributed by atoms with Crippen molar-refractivity contribution in [1.29, 1.82) is 0 Å². The van der Waals surface area contributed by atoms with Crippen molar-refractivity contribution in [2.24, 2.45) is 0 Å². The highest BCUT2D eigenvalue weighted by atomic mass is 35.5. The van der Waals surface area contributed by atoms with Crippen LogP contribution in [0, 0.1) is 11.6 Å². The zero-order valence-electron chi connectivity index (χ0n) is 12.9. The number of carbonyl (C=O) groups excluding carboxylic acids is 2. The molecule has 0 saturated carbocycles. The summed E-state index contributed by atoms with van der Waals surface area (Å²) in [7, 11) is 0. The molecule has 5 nitrogen and oxygen atoms in total. The van der Waals surface area contributed by atoms with Crippen molar-refractivity contribution in [3.8, 4) is 0 Å². The second kappa shape index (κ2) is 7.06. The van der Waals surface area contributed by atoms with Crippen molar-refractivity contribution in [2.75, 3.05) is 16.8 Å². The Balaban J connectivity index is 1.61. The maximum atomic E-state index is 13.3. The average molecular weight is 366 g/mol. The van der Waals surface area contributed by atoms with E-state index >= 15 is 0 Å². The molecule has 0 aromatic heterocycles. The smallest absolute Gasteiger partial charge is 0.319 e. The highest BCUT2D eigenvalue weighted by molar-refractivity contribution is 6.31. The van der Waals surface area contributed by atoms with Gasteiger partial charge in [-0.05, 0) is 36.4 Å². The van der Waals surface area contributed by atoms with E-state index in [4.69, 9.17) is 11.6 Å². The third-order valence-corrected chi connectivity index (χ3v) is 4.05. The van der Waals surface area contributed by atoms with Crippen LogP contribution in [0.2, 0.25) is 5.02 Å². The van der Waals surface area contributed by atoms with E-state index in [2.05, 4.69) is 10.6 Å². The summed E-state index contributed by atoms with van der Waals surface area (Å²) in [6.45, 7) is 0.236. The minimum atomic E-state index is -0.584. The number of anilines is 2. The number of nitrogens with zero attached hydrogens (tertiary/aromatic N) is 1. The van der Waals surface area contributed by atoms with Gasteiger partial charge in [0.05, 0.1) is 11.1 Å². The van der Waals surface area contributed by atoms with E-state index < -0.39 is 23.7 Å². The van der Waals surface area contributed by atoms with Crippen molar-refractivity contribution in [3.63, 3.8) is 0 Å². The predicted octanol–water partition coefficient (Wildman–Crippen LogP) is 3.55. The Kier molecular flexibility index (Phi) is 4.85. The van der Waals surface area contributed by atoms with E-state index in [1.54, 1.807) is 6.07 Å². The summed E-state index contributed by atoms with van der Waals surface area (Å²) < 4.78 is 26.4. The van der Waals surface area contributed by atoms with Crippen LogP contribution in [0.3, 0.4) is 0 Å². The normalized spacial score (nSPS) is 16.8. The number of hydrogen-bond acceptors (Lipinski definition) is 2. The van der Waals surface area contributed by atoms with E-state index in [0.717, 1.165) is 6.07 Å². The van der Waals surface area contributed by atoms with Crippen molar-refractivity contribution < 1.29 is 18.4 Å². The van der Waals surface area contributed by atoms with E-state index in [-0.39, 0.29) is 23.9 Å². The summed E-state index contributed by atoms with van der Waals surface area (Å²) in [5.74, 6) is -1.23. The number of hydrogen-bond donors (Lipinski definition) is 2. The van der Waals surface area contributed by atoms with Crippen LogP contribution in [-0.4, -0.2) is 24.5 Å². The fraction of sp³-hybridized carbons (Fsp3) is 0.176. The molecule has 1 heterocycles. The van der Waals surface area contributed by atoms with Crippen LogP contribution >= 0.6 is 11.6 Å². The van der Waals surface area contributed by atoms with Crippen LogP contribution in [-0.2, 0) is 4.79 Å². The Morgan fingerprint density at radius 2 is 2.00 bits per heavy atom. The Bertz CT molecular complexity index is 831. The van der Waals surface area contributed by atoms with E-state index in [9.17, 15) is 18.4 Å². The largest absolute Gasteiger partial charge is 0.333 e. The minimum Gasteiger partial charge on any atom is -0.333 e. The van der Waals surface area contributed by atoms with Gasteiger partial charge in [0.25, 0.3) is 0 Å². The molecule has 0 spiro atoms. The topological polar surface area (TPSA) is 61.4 Å². The zero-order valence-corrected chi connectivity index (χ0v) is 13.7. The molecule has 130 valence electrons. The number of amides is 3. The van der Waals surface area contributed by atoms with Gasteiger partial charge in [-0.2, -0.15) is 0 Å². The summed E-state index contributed by atoms with van der Waals surface area (Å²) in [6, 6.07) is 8.54. The highest BCUT2D eigenvalue weighted by Gasteiger charge is 2.31. The van der Waals surface area contributed by atoms with Gasteiger partial charge in [0, 0.05) is 24.3 Å². The third kappa shape index (κ3) is 4.06. The lowest BCUT2D eigenvalue weighted by atomic mass is 10.2. The first kappa shape index (κ1) is 17.2. The molecule has 2 N–H and O–H groups in total. The Hall–Kier alpha value is -2.67. The number of benzene rings is 2. The molecule has 0 aliphatic carbocycles. The molecule has 3 rings (SSSR count). The van der Waals surface area contributed by atoms with Crippen molar-refractivity contribution >= 4 is 34.9 Å². The molecular formula is C17H14ClF2N3O2. The maximum Gasteiger partial charge on any atom is 0.319 e. The summed E-state index contributed by atoms with van der Waals surface area (Å²) >= 11 is 5.66. The lowest BCUT2D eigenvalue weighted by Crippen LogP contribution is -2.39. The van der Waals surface area contributed by atoms with Gasteiger partial charge >= 0.3 is 6.03 Å². The van der Waals surface area contributed by atoms with Gasteiger partial charge in [0.1, 0.15) is 11.6 Å². The first-order valence-electron chi connectivity index (χ1n) is 7.51. The van der Waals surface area contributed by atoms with Gasteiger partial charge in [-0.3, -0.25) is 4.79 Å². The Morgan fingerprint density at radius 3 is 2.72 bits per heavy atom. The summed E-state index contributed by atoms with van der Waals surface area (Å²) in [5.41, 5.74) is 0.773. The number of urea groups is 1. The SMILES string of the molecule is O=C(Nc1ccc(F)c(Cl)c1)N[C@@H]1CC(=O)N(c2cccc(F)c2)C1. The molecule has 0 unspecified atom stereocenters. The Labute approximate surface area is 147 Å². The standard InChI is InChI=1S/C17H14ClF2N3O2/c18-14-7-11(4-5-15(14)20)21-17(25)22-12-8-16(24)23(9-12)13-3-1-2-10(19)6-13/h1-7,12H,8-9H2,(H2,21,22,25)/t12-/m1/s1. The molecule has 1 fully saturated rings. The third-order valence-electron chi connectivity index (χ3n) is 3.76. The molecule has 0 radical (unpaired) electrons. The number of halogens is 3. The molecule has 3 amide bonds. The van der Waals surface area contributed by atoms with Gasteiger partial charge in [-0.25, -0.2) is 13.6 Å². The van der Waals surface area contributed by atoms with Gasteiger partial charge in [-0.1, -0.05) is 17.7 Å². The van der Waals surface area contributed by atoms with Gasteiger partial charge in [-0.15, -0.1) is 0 Å². The highest BCUT2D eigenvalue weighted by Crippen LogP contribution is 2.23. The van der Waals surface area contributed by atoms with Crippen LogP contribution in [0.5, 0.6) is 0 Å². The average Bonchev–Trinajstić information content (AvgIpc) is 2.91. The molecule has 0 bridgehead atoms. The molecule has 1 saturated heterocycles. The lowest BCUT2D eigenvalue weighted by molar-refractivity contribution is -0.117. The van der Waals surface area contributed by atoms with E-state index in [1.807, 2.05) is 0 Å². The molecule has 25 heavy (non-hydrogen) atoms. The molecule has 2 aromatic carbocycles. The van der Waals surface area contributed by atoms with Crippen LogP contribution in [0.25, 0.3) is 0 Å². The van der Waals surface area contributed by atoms with Gasteiger partial charge in [0.15, 0.2) is 0 Å². The quantitative estimate of drug-likeness (QED) is 0.873. The van der Waals surface area contributed by atoms with Crippen LogP contribution in [0.15, 0.2) is 42.5 Å². The second-order valence-corrected chi connectivity index (χ2v) is 6.02. The van der Waals surface area contributed by atoms with E-state index in [0.29, 0.717) is 11.4 Å². The lowest BCUT2D eigenvalue weighted by Gasteiger charge is -2.17. The minimum absolute atomic E-state index is 0.105. The van der Waals surface area contributed by atoms with E-state index in [1.165, 1.54) is 35.2 Å². The van der Waals surface area contributed by atoms with Crippen LogP contribution in [0.4, 0.5) is 25.0 Å². The fourth-order valence-corrected chi connectivity index (χ4v) is 2.80. The molecule has 1 aliphatic rings. The molecule has 1 aliphatic heterocycles. The first-order valence-corrected chi connectivity index (χ1v) is 7.88. The van der Waals surface area contributed by atoms with Crippen LogP contribution in [0.1, 0.15) is 6.42 Å². The summed E-state index contributed by atoms with van der Waals surface area (Å²) in [5, 5.41) is 5.08. The number of nitrogens with one attached hydrogen (secondary N) is 2.